The molecule has 174 valence electrons. The summed E-state index contributed by atoms with van der Waals surface area (Å²) in [5, 5.41) is 13.2. The predicted octanol–water partition coefficient (Wildman–Crippen LogP) is 5.81. The number of pyridine rings is 1. The molecule has 0 aliphatic carbocycles. The number of rotatable bonds is 11. The minimum Gasteiger partial charge on any atom is -0.492 e. The van der Waals surface area contributed by atoms with E-state index in [9.17, 15) is 5.26 Å². The van der Waals surface area contributed by atoms with Crippen molar-refractivity contribution >= 4 is 6.08 Å². The van der Waals surface area contributed by atoms with Gasteiger partial charge in [-0.3, -0.25) is 9.88 Å². The van der Waals surface area contributed by atoms with Crippen LogP contribution in [0, 0.1) is 18.3 Å². The van der Waals surface area contributed by atoms with Crippen molar-refractivity contribution in [3.8, 4) is 11.8 Å². The molecule has 0 saturated carbocycles. The highest BCUT2D eigenvalue weighted by Gasteiger charge is 2.14. The molecular weight excluding hydrogens is 408 g/mol. The third-order valence-electron chi connectivity index (χ3n) is 5.98. The number of nitriles is 1. The Morgan fingerprint density at radius 3 is 2.64 bits per heavy atom. The maximum Gasteiger partial charge on any atom is 0.119 e. The predicted molar refractivity (Wildman–Crippen MR) is 135 cm³/mol. The number of nitrogens with one attached hydrogen (secondary N) is 1. The van der Waals surface area contributed by atoms with Crippen molar-refractivity contribution < 1.29 is 4.74 Å². The normalized spacial score (nSPS) is 15.5. The topological polar surface area (TPSA) is 61.2 Å². The van der Waals surface area contributed by atoms with Gasteiger partial charge in [-0.25, -0.2) is 0 Å². The Balaban J connectivity index is 1.60. The van der Waals surface area contributed by atoms with Crippen molar-refractivity contribution in [2.24, 2.45) is 0 Å². The second-order valence-corrected chi connectivity index (χ2v) is 8.66. The number of hydrogen-bond donors (Lipinski definition) is 1. The SMILES string of the molecule is C=C(NC(CCC)c1ccc(OCCN2CCCCC2)cc1)/C(C#N)=C/c1cccc(C)n1. The summed E-state index contributed by atoms with van der Waals surface area (Å²) in [7, 11) is 0. The highest BCUT2D eigenvalue weighted by Crippen LogP contribution is 2.24. The Bertz CT molecular complexity index is 968. The minimum atomic E-state index is 0.0760. The van der Waals surface area contributed by atoms with Crippen LogP contribution in [0.1, 0.15) is 62.0 Å². The summed E-state index contributed by atoms with van der Waals surface area (Å²) in [5.41, 5.74) is 3.94. The van der Waals surface area contributed by atoms with Gasteiger partial charge in [-0.2, -0.15) is 5.26 Å². The summed E-state index contributed by atoms with van der Waals surface area (Å²) in [4.78, 5) is 6.95. The highest BCUT2D eigenvalue weighted by atomic mass is 16.5. The number of likely N-dealkylation sites (tertiary alicyclic amines) is 1. The van der Waals surface area contributed by atoms with E-state index in [1.807, 2.05) is 37.3 Å². The van der Waals surface area contributed by atoms with Crippen LogP contribution in [0.25, 0.3) is 6.08 Å². The summed E-state index contributed by atoms with van der Waals surface area (Å²) in [5.74, 6) is 0.896. The van der Waals surface area contributed by atoms with Gasteiger partial charge in [-0.1, -0.05) is 44.5 Å². The summed E-state index contributed by atoms with van der Waals surface area (Å²) < 4.78 is 5.98. The first-order valence-corrected chi connectivity index (χ1v) is 12.1. The van der Waals surface area contributed by atoms with E-state index in [4.69, 9.17) is 4.74 Å². The van der Waals surface area contributed by atoms with E-state index < -0.39 is 0 Å². The van der Waals surface area contributed by atoms with Crippen molar-refractivity contribution in [1.82, 2.24) is 15.2 Å². The van der Waals surface area contributed by atoms with Crippen LogP contribution in [0.4, 0.5) is 0 Å². The summed E-state index contributed by atoms with van der Waals surface area (Å²) in [6, 6.07) is 16.4. The average molecular weight is 445 g/mol. The zero-order valence-electron chi connectivity index (χ0n) is 20.0. The van der Waals surface area contributed by atoms with Crippen LogP contribution in [0.15, 0.2) is 60.3 Å². The Kier molecular flexibility index (Phi) is 9.53. The first-order chi connectivity index (χ1) is 16.1. The third-order valence-corrected chi connectivity index (χ3v) is 5.98. The zero-order chi connectivity index (χ0) is 23.5. The van der Waals surface area contributed by atoms with Gasteiger partial charge in [0.05, 0.1) is 17.3 Å². The first-order valence-electron chi connectivity index (χ1n) is 12.1. The molecule has 0 spiro atoms. The molecule has 1 aliphatic rings. The van der Waals surface area contributed by atoms with Crippen LogP contribution in [0.3, 0.4) is 0 Å². The molecule has 0 radical (unpaired) electrons. The van der Waals surface area contributed by atoms with Gasteiger partial charge in [0.25, 0.3) is 0 Å². The van der Waals surface area contributed by atoms with E-state index in [0.29, 0.717) is 11.3 Å². The standard InChI is InChI=1S/C28H36N4O/c1-4-9-28(31-23(3)25(21-29)20-26-11-8-10-22(2)30-26)24-12-14-27(15-13-24)33-19-18-32-16-6-5-7-17-32/h8,10-15,20,28,31H,3-7,9,16-19H2,1-2H3/b25-20+. The number of aromatic nitrogens is 1. The molecule has 33 heavy (non-hydrogen) atoms. The fraction of sp³-hybridized carbons (Fsp3) is 0.429. The molecule has 2 aromatic rings. The molecule has 5 heteroatoms. The quantitative estimate of drug-likeness (QED) is 0.350. The maximum atomic E-state index is 9.69. The molecule has 2 heterocycles. The molecule has 0 amide bonds. The molecule has 1 atom stereocenters. The number of nitrogens with zero attached hydrogens (tertiary/aromatic N) is 3. The van der Waals surface area contributed by atoms with E-state index >= 15 is 0 Å². The van der Waals surface area contributed by atoms with Gasteiger partial charge in [0.15, 0.2) is 0 Å². The molecule has 5 nitrogen and oxygen atoms in total. The van der Waals surface area contributed by atoms with Crippen LogP contribution in [-0.2, 0) is 0 Å². The van der Waals surface area contributed by atoms with Crippen molar-refractivity contribution in [2.45, 2.75) is 52.0 Å². The second-order valence-electron chi connectivity index (χ2n) is 8.66. The van der Waals surface area contributed by atoms with Gasteiger partial charge in [-0.05, 0) is 75.2 Å². The maximum absolute atomic E-state index is 9.69. The molecule has 1 aliphatic heterocycles. The summed E-state index contributed by atoms with van der Waals surface area (Å²) >= 11 is 0. The fourth-order valence-corrected chi connectivity index (χ4v) is 4.15. The lowest BCUT2D eigenvalue weighted by Gasteiger charge is -2.26. The zero-order valence-corrected chi connectivity index (χ0v) is 20.0. The monoisotopic (exact) mass is 444 g/mol. The Morgan fingerprint density at radius 2 is 1.97 bits per heavy atom. The van der Waals surface area contributed by atoms with Crippen LogP contribution >= 0.6 is 0 Å². The Labute approximate surface area is 198 Å². The van der Waals surface area contributed by atoms with Gasteiger partial charge in [0.1, 0.15) is 18.4 Å². The molecule has 1 aromatic heterocycles. The third kappa shape index (κ3) is 7.76. The molecule has 1 aromatic carbocycles. The van der Waals surface area contributed by atoms with Crippen molar-refractivity contribution in [1.29, 1.82) is 5.26 Å². The number of benzene rings is 1. The van der Waals surface area contributed by atoms with E-state index in [-0.39, 0.29) is 6.04 Å². The van der Waals surface area contributed by atoms with Crippen molar-refractivity contribution in [2.75, 3.05) is 26.2 Å². The molecular formula is C28H36N4O. The minimum absolute atomic E-state index is 0.0760. The van der Waals surface area contributed by atoms with Gasteiger partial charge >= 0.3 is 0 Å². The highest BCUT2D eigenvalue weighted by molar-refractivity contribution is 5.60. The van der Waals surface area contributed by atoms with Crippen LogP contribution < -0.4 is 10.1 Å². The number of piperidine rings is 1. The number of hydrogen-bond acceptors (Lipinski definition) is 5. The van der Waals surface area contributed by atoms with Crippen LogP contribution in [0.5, 0.6) is 5.75 Å². The van der Waals surface area contributed by atoms with Crippen LogP contribution in [0.2, 0.25) is 0 Å². The Morgan fingerprint density at radius 1 is 1.21 bits per heavy atom. The summed E-state index contributed by atoms with van der Waals surface area (Å²) in [6.07, 6.45) is 7.70. The fourth-order valence-electron chi connectivity index (χ4n) is 4.15. The number of allylic oxidation sites excluding steroid dienone is 1. The molecule has 3 rings (SSSR count). The molecule has 1 N–H and O–H groups in total. The smallest absolute Gasteiger partial charge is 0.119 e. The first kappa shape index (κ1) is 24.5. The summed E-state index contributed by atoms with van der Waals surface area (Å²) in [6.45, 7) is 12.3. The lowest BCUT2D eigenvalue weighted by atomic mass is 10.0. The van der Waals surface area contributed by atoms with Crippen molar-refractivity contribution in [3.63, 3.8) is 0 Å². The van der Waals surface area contributed by atoms with E-state index in [1.54, 1.807) is 6.08 Å². The molecule has 1 saturated heterocycles. The van der Waals surface area contributed by atoms with Gasteiger partial charge < -0.3 is 10.1 Å². The molecule has 1 fully saturated rings. The Hall–Kier alpha value is -3.10. The van der Waals surface area contributed by atoms with E-state index in [2.05, 4.69) is 46.9 Å². The molecule has 1 unspecified atom stereocenters. The van der Waals surface area contributed by atoms with E-state index in [0.717, 1.165) is 48.7 Å². The van der Waals surface area contributed by atoms with Gasteiger partial charge in [0.2, 0.25) is 0 Å². The second kappa shape index (κ2) is 12.8. The molecule has 0 bridgehead atoms. The van der Waals surface area contributed by atoms with E-state index in [1.165, 1.54) is 32.4 Å². The van der Waals surface area contributed by atoms with Crippen molar-refractivity contribution in [3.05, 3.63) is 77.3 Å². The number of aryl methyl sites for hydroxylation is 1. The average Bonchev–Trinajstić information content (AvgIpc) is 2.83. The van der Waals surface area contributed by atoms with Crippen LogP contribution in [-0.4, -0.2) is 36.1 Å². The largest absolute Gasteiger partial charge is 0.492 e. The number of ether oxygens (including phenoxy) is 1. The lowest BCUT2D eigenvalue weighted by Crippen LogP contribution is -2.33. The van der Waals surface area contributed by atoms with Gasteiger partial charge in [0, 0.05) is 17.9 Å². The van der Waals surface area contributed by atoms with Gasteiger partial charge in [-0.15, -0.1) is 0 Å². The lowest BCUT2D eigenvalue weighted by molar-refractivity contribution is 0.183.